The summed E-state index contributed by atoms with van der Waals surface area (Å²) in [7, 11) is 0. The highest BCUT2D eigenvalue weighted by atomic mass is 16.2. The molecule has 0 saturated carbocycles. The Bertz CT molecular complexity index is 1240. The molecule has 0 aliphatic carbocycles. The molecule has 2 aliphatic heterocycles. The number of nitrogens with one attached hydrogen (secondary N) is 1. The average Bonchev–Trinajstić information content (AvgIpc) is 2.82. The van der Waals surface area contributed by atoms with Crippen LogP contribution < -0.4 is 10.2 Å². The number of carbonyl (C=O) groups is 2. The molecular weight excluding hydrogens is 402 g/mol. The third-order valence-electron chi connectivity index (χ3n) is 6.37. The van der Waals surface area contributed by atoms with E-state index in [0.717, 1.165) is 58.6 Å². The van der Waals surface area contributed by atoms with Crippen molar-refractivity contribution < 1.29 is 9.59 Å². The highest BCUT2D eigenvalue weighted by Gasteiger charge is 2.23. The van der Waals surface area contributed by atoms with E-state index in [2.05, 4.69) is 51.9 Å². The maximum atomic E-state index is 11.9. The van der Waals surface area contributed by atoms with Crippen LogP contribution in [0.3, 0.4) is 0 Å². The predicted octanol–water partition coefficient (Wildman–Crippen LogP) is 3.32. The first-order valence-electron chi connectivity index (χ1n) is 10.9. The maximum absolute atomic E-state index is 11.9. The average molecular weight is 428 g/mol. The number of hydrogen-bond donors (Lipinski definition) is 1. The van der Waals surface area contributed by atoms with E-state index in [1.54, 1.807) is 6.33 Å². The van der Waals surface area contributed by atoms with Crippen molar-refractivity contribution in [2.75, 3.05) is 36.4 Å². The van der Waals surface area contributed by atoms with Crippen molar-refractivity contribution in [3.63, 3.8) is 0 Å². The molecule has 7 nitrogen and oxygen atoms in total. The number of nitrogens with zero attached hydrogens (tertiary/aromatic N) is 4. The monoisotopic (exact) mass is 427 g/mol. The van der Waals surface area contributed by atoms with E-state index < -0.39 is 0 Å². The third kappa shape index (κ3) is 3.49. The van der Waals surface area contributed by atoms with Gasteiger partial charge in [0.1, 0.15) is 12.1 Å². The Kier molecular flexibility index (Phi) is 5.09. The van der Waals surface area contributed by atoms with Gasteiger partial charge < -0.3 is 15.1 Å². The summed E-state index contributed by atoms with van der Waals surface area (Å²) in [4.78, 5) is 36.9. The molecule has 1 fully saturated rings. The summed E-state index contributed by atoms with van der Waals surface area (Å²) >= 11 is 0. The zero-order valence-corrected chi connectivity index (χ0v) is 18.1. The molecule has 0 radical (unpaired) electrons. The molecule has 2 aromatic carbocycles. The highest BCUT2D eigenvalue weighted by molar-refractivity contribution is 5.98. The van der Waals surface area contributed by atoms with E-state index in [4.69, 9.17) is 0 Å². The molecule has 1 aromatic heterocycles. The van der Waals surface area contributed by atoms with Gasteiger partial charge in [0.25, 0.3) is 0 Å². The number of fused-ring (bicyclic) bond motifs is 2. The van der Waals surface area contributed by atoms with E-state index in [-0.39, 0.29) is 11.8 Å². The first-order chi connectivity index (χ1) is 15.5. The van der Waals surface area contributed by atoms with Gasteiger partial charge in [-0.15, -0.1) is 0 Å². The highest BCUT2D eigenvalue weighted by Crippen LogP contribution is 2.37. The summed E-state index contributed by atoms with van der Waals surface area (Å²) < 4.78 is 0. The molecule has 32 heavy (non-hydrogen) atoms. The second-order valence-electron chi connectivity index (χ2n) is 8.28. The molecule has 5 rings (SSSR count). The number of anilines is 2. The first kappa shape index (κ1) is 20.2. The summed E-state index contributed by atoms with van der Waals surface area (Å²) in [5, 5.41) is 4.00. The van der Waals surface area contributed by atoms with Crippen LogP contribution in [0, 0.1) is 6.92 Å². The van der Waals surface area contributed by atoms with Crippen LogP contribution >= 0.6 is 0 Å². The van der Waals surface area contributed by atoms with Crippen LogP contribution in [0.15, 0.2) is 49.3 Å². The minimum atomic E-state index is -0.0277. The van der Waals surface area contributed by atoms with E-state index in [0.29, 0.717) is 19.5 Å². The van der Waals surface area contributed by atoms with Gasteiger partial charge in [-0.3, -0.25) is 9.59 Å². The van der Waals surface area contributed by atoms with Crippen LogP contribution in [0.25, 0.3) is 22.0 Å². The largest absolute Gasteiger partial charge is 0.352 e. The fourth-order valence-electron chi connectivity index (χ4n) is 4.68. The van der Waals surface area contributed by atoms with Crippen LogP contribution in [0.5, 0.6) is 0 Å². The zero-order chi connectivity index (χ0) is 22.2. The third-order valence-corrected chi connectivity index (χ3v) is 6.37. The van der Waals surface area contributed by atoms with Gasteiger partial charge in [0.05, 0.1) is 5.52 Å². The molecule has 3 heterocycles. The second kappa shape index (κ2) is 8.07. The number of aromatic nitrogens is 2. The van der Waals surface area contributed by atoms with Gasteiger partial charge in [-0.2, -0.15) is 0 Å². The van der Waals surface area contributed by atoms with E-state index in [9.17, 15) is 9.59 Å². The number of rotatable bonds is 3. The normalized spacial score (nSPS) is 16.0. The van der Waals surface area contributed by atoms with Gasteiger partial charge in [-0.1, -0.05) is 18.7 Å². The first-order valence-corrected chi connectivity index (χ1v) is 10.9. The van der Waals surface area contributed by atoms with Crippen LogP contribution in [-0.2, 0) is 16.0 Å². The van der Waals surface area contributed by atoms with Crippen molar-refractivity contribution in [3.8, 4) is 11.1 Å². The smallest absolute Gasteiger partial charge is 0.246 e. The quantitative estimate of drug-likeness (QED) is 0.649. The van der Waals surface area contributed by atoms with Gasteiger partial charge in [0, 0.05) is 43.7 Å². The molecule has 162 valence electrons. The zero-order valence-electron chi connectivity index (χ0n) is 18.1. The lowest BCUT2D eigenvalue weighted by atomic mass is 9.90. The Balaban J connectivity index is 1.52. The van der Waals surface area contributed by atoms with E-state index in [1.165, 1.54) is 11.6 Å². The summed E-state index contributed by atoms with van der Waals surface area (Å²) in [6.45, 7) is 8.42. The van der Waals surface area contributed by atoms with Crippen LogP contribution in [0.2, 0.25) is 0 Å². The number of hydrogen-bond acceptors (Lipinski definition) is 5. The van der Waals surface area contributed by atoms with Gasteiger partial charge in [0.2, 0.25) is 11.8 Å². The summed E-state index contributed by atoms with van der Waals surface area (Å²) in [6, 6.07) is 10.3. The standard InChI is InChI=1S/C25H25N5O2/c1-3-24(32)29-9-11-30(12-10-29)25-20-13-16(2)19(14-22(20)26-15-27-25)17-5-4-6-21-18(17)7-8-23(31)28-21/h3-6,13-15H,1,7-12H2,2H3,(H,28,31). The van der Waals surface area contributed by atoms with Crippen molar-refractivity contribution in [2.24, 2.45) is 0 Å². The number of aryl methyl sites for hydroxylation is 1. The molecule has 0 spiro atoms. The lowest BCUT2D eigenvalue weighted by molar-refractivity contribution is -0.126. The van der Waals surface area contributed by atoms with Gasteiger partial charge >= 0.3 is 0 Å². The van der Waals surface area contributed by atoms with Gasteiger partial charge in [-0.25, -0.2) is 9.97 Å². The Morgan fingerprint density at radius 1 is 1.09 bits per heavy atom. The predicted molar refractivity (Wildman–Crippen MR) is 126 cm³/mol. The lowest BCUT2D eigenvalue weighted by Gasteiger charge is -2.35. The van der Waals surface area contributed by atoms with Crippen LogP contribution in [0.1, 0.15) is 17.5 Å². The van der Waals surface area contributed by atoms with Crippen molar-refractivity contribution in [1.29, 1.82) is 0 Å². The molecule has 1 saturated heterocycles. The molecule has 1 N–H and O–H groups in total. The summed E-state index contributed by atoms with van der Waals surface area (Å²) in [5.41, 5.74) is 6.35. The van der Waals surface area contributed by atoms with Gasteiger partial charge in [-0.05, 0) is 59.9 Å². The van der Waals surface area contributed by atoms with Crippen molar-refractivity contribution >= 4 is 34.2 Å². The Hall–Kier alpha value is -3.74. The molecule has 0 unspecified atom stereocenters. The van der Waals surface area contributed by atoms with Crippen LogP contribution in [-0.4, -0.2) is 52.9 Å². The Morgan fingerprint density at radius 3 is 2.69 bits per heavy atom. The van der Waals surface area contributed by atoms with E-state index >= 15 is 0 Å². The molecule has 2 amide bonds. The van der Waals surface area contributed by atoms with Crippen LogP contribution in [0.4, 0.5) is 11.5 Å². The topological polar surface area (TPSA) is 78.4 Å². The van der Waals surface area contributed by atoms with E-state index in [1.807, 2.05) is 17.0 Å². The number of benzene rings is 2. The second-order valence-corrected chi connectivity index (χ2v) is 8.28. The van der Waals surface area contributed by atoms with Crippen molar-refractivity contribution in [3.05, 3.63) is 60.4 Å². The Labute approximate surface area is 186 Å². The number of carbonyl (C=O) groups excluding carboxylic acids is 2. The fourth-order valence-corrected chi connectivity index (χ4v) is 4.68. The SMILES string of the molecule is C=CC(=O)N1CCN(c2ncnc3cc(-c4cccc5c4CCC(=O)N5)c(C)cc23)CC1. The number of amides is 2. The Morgan fingerprint density at radius 2 is 1.91 bits per heavy atom. The molecule has 2 aliphatic rings. The molecule has 0 bridgehead atoms. The van der Waals surface area contributed by atoms with Crippen molar-refractivity contribution in [2.45, 2.75) is 19.8 Å². The number of piperazine rings is 1. The molecule has 7 heteroatoms. The minimum absolute atomic E-state index is 0.0277. The molecule has 0 atom stereocenters. The maximum Gasteiger partial charge on any atom is 0.246 e. The van der Waals surface area contributed by atoms with Crippen molar-refractivity contribution in [1.82, 2.24) is 14.9 Å². The molecule has 3 aromatic rings. The molecular formula is C25H25N5O2. The fraction of sp³-hybridized carbons (Fsp3) is 0.280. The minimum Gasteiger partial charge on any atom is -0.352 e. The lowest BCUT2D eigenvalue weighted by Crippen LogP contribution is -2.48. The van der Waals surface area contributed by atoms with Gasteiger partial charge in [0.15, 0.2) is 0 Å². The summed E-state index contributed by atoms with van der Waals surface area (Å²) in [5.74, 6) is 0.940. The summed E-state index contributed by atoms with van der Waals surface area (Å²) in [6.07, 6.45) is 4.22.